The van der Waals surface area contributed by atoms with Crippen molar-refractivity contribution in [1.82, 2.24) is 14.8 Å². The lowest BCUT2D eigenvalue weighted by Gasteiger charge is -2.39. The first-order valence-electron chi connectivity index (χ1n) is 12.2. The summed E-state index contributed by atoms with van der Waals surface area (Å²) in [6.07, 6.45) is 0. The maximum Gasteiger partial charge on any atom is 0.270 e. The Morgan fingerprint density at radius 1 is 0.794 bits per heavy atom. The summed E-state index contributed by atoms with van der Waals surface area (Å²) in [4.78, 5) is 21.2. The SMILES string of the molecule is CC(C)(C)c1ccc2[nH]c(C(=O)N3CCN(C(c4ccccc4)c4ccccc4)CC3)cc2c1. The molecular weight excluding hydrogens is 418 g/mol. The maximum absolute atomic E-state index is 13.3. The second kappa shape index (κ2) is 9.11. The minimum Gasteiger partial charge on any atom is -0.351 e. The number of amides is 1. The predicted octanol–water partition coefficient (Wildman–Crippen LogP) is 6.01. The molecule has 34 heavy (non-hydrogen) atoms. The summed E-state index contributed by atoms with van der Waals surface area (Å²) in [6.45, 7) is 9.76. The lowest BCUT2D eigenvalue weighted by atomic mass is 9.86. The highest BCUT2D eigenvalue weighted by atomic mass is 16.2. The predicted molar refractivity (Wildman–Crippen MR) is 139 cm³/mol. The summed E-state index contributed by atoms with van der Waals surface area (Å²) in [6, 6.07) is 30.0. The van der Waals surface area contributed by atoms with Gasteiger partial charge in [-0.15, -0.1) is 0 Å². The number of aromatic amines is 1. The van der Waals surface area contributed by atoms with Crippen molar-refractivity contribution < 1.29 is 4.79 Å². The fourth-order valence-corrected chi connectivity index (χ4v) is 4.95. The zero-order valence-electron chi connectivity index (χ0n) is 20.3. The van der Waals surface area contributed by atoms with Crippen LogP contribution in [0.2, 0.25) is 0 Å². The van der Waals surface area contributed by atoms with Gasteiger partial charge >= 0.3 is 0 Å². The van der Waals surface area contributed by atoms with Gasteiger partial charge in [-0.25, -0.2) is 0 Å². The van der Waals surface area contributed by atoms with Crippen molar-refractivity contribution in [2.45, 2.75) is 32.2 Å². The lowest BCUT2D eigenvalue weighted by Crippen LogP contribution is -2.50. The molecule has 4 aromatic rings. The third-order valence-corrected chi connectivity index (χ3v) is 6.91. The Morgan fingerprint density at radius 2 is 1.38 bits per heavy atom. The molecule has 0 radical (unpaired) electrons. The van der Waals surface area contributed by atoms with Crippen molar-refractivity contribution in [3.8, 4) is 0 Å². The van der Waals surface area contributed by atoms with Crippen LogP contribution in [0, 0.1) is 0 Å². The van der Waals surface area contributed by atoms with Crippen LogP contribution < -0.4 is 0 Å². The van der Waals surface area contributed by atoms with Crippen molar-refractivity contribution in [1.29, 1.82) is 0 Å². The molecule has 1 saturated heterocycles. The average molecular weight is 452 g/mol. The smallest absolute Gasteiger partial charge is 0.270 e. The van der Waals surface area contributed by atoms with Gasteiger partial charge in [0.05, 0.1) is 6.04 Å². The summed E-state index contributed by atoms with van der Waals surface area (Å²) >= 11 is 0. The summed E-state index contributed by atoms with van der Waals surface area (Å²) < 4.78 is 0. The highest BCUT2D eigenvalue weighted by molar-refractivity contribution is 5.98. The molecule has 1 aliphatic heterocycles. The van der Waals surface area contributed by atoms with E-state index in [2.05, 4.69) is 110 Å². The van der Waals surface area contributed by atoms with Gasteiger partial charge in [-0.3, -0.25) is 9.69 Å². The molecule has 1 aliphatic rings. The van der Waals surface area contributed by atoms with Gasteiger partial charge < -0.3 is 9.88 Å². The second-order valence-electron chi connectivity index (χ2n) is 10.3. The monoisotopic (exact) mass is 451 g/mol. The van der Waals surface area contributed by atoms with E-state index in [1.807, 2.05) is 11.0 Å². The minimum atomic E-state index is 0.0833. The molecule has 1 amide bonds. The summed E-state index contributed by atoms with van der Waals surface area (Å²) in [7, 11) is 0. The van der Waals surface area contributed by atoms with Crippen molar-refractivity contribution in [2.24, 2.45) is 0 Å². The number of hydrogen-bond donors (Lipinski definition) is 1. The number of fused-ring (bicyclic) bond motifs is 1. The topological polar surface area (TPSA) is 39.3 Å². The second-order valence-corrected chi connectivity index (χ2v) is 10.3. The van der Waals surface area contributed by atoms with E-state index in [0.29, 0.717) is 5.69 Å². The van der Waals surface area contributed by atoms with E-state index in [4.69, 9.17) is 0 Å². The number of nitrogens with one attached hydrogen (secondary N) is 1. The summed E-state index contributed by atoms with van der Waals surface area (Å²) in [5.41, 5.74) is 5.64. The molecule has 0 aliphatic carbocycles. The molecule has 0 saturated carbocycles. The molecule has 3 aromatic carbocycles. The molecule has 1 aromatic heterocycles. The Bertz CT molecular complexity index is 1220. The van der Waals surface area contributed by atoms with Crippen LogP contribution in [0.25, 0.3) is 10.9 Å². The molecule has 0 spiro atoms. The van der Waals surface area contributed by atoms with Gasteiger partial charge in [-0.05, 0) is 40.3 Å². The van der Waals surface area contributed by atoms with E-state index in [9.17, 15) is 4.79 Å². The van der Waals surface area contributed by atoms with Crippen LogP contribution in [0.4, 0.5) is 0 Å². The van der Waals surface area contributed by atoms with E-state index in [0.717, 1.165) is 37.1 Å². The Morgan fingerprint density at radius 3 is 1.94 bits per heavy atom. The van der Waals surface area contributed by atoms with Crippen LogP contribution >= 0.6 is 0 Å². The molecule has 4 nitrogen and oxygen atoms in total. The lowest BCUT2D eigenvalue weighted by molar-refractivity contribution is 0.0592. The van der Waals surface area contributed by atoms with Crippen molar-refractivity contribution in [2.75, 3.05) is 26.2 Å². The van der Waals surface area contributed by atoms with Crippen LogP contribution in [-0.4, -0.2) is 46.9 Å². The van der Waals surface area contributed by atoms with Gasteiger partial charge in [-0.1, -0.05) is 87.5 Å². The molecule has 1 fully saturated rings. The van der Waals surface area contributed by atoms with E-state index < -0.39 is 0 Å². The quantitative estimate of drug-likeness (QED) is 0.413. The van der Waals surface area contributed by atoms with Crippen LogP contribution in [-0.2, 0) is 5.41 Å². The number of hydrogen-bond acceptors (Lipinski definition) is 2. The Hall–Kier alpha value is -3.37. The van der Waals surface area contributed by atoms with Gasteiger partial charge in [0.25, 0.3) is 5.91 Å². The molecule has 4 heteroatoms. The first-order chi connectivity index (χ1) is 16.4. The minimum absolute atomic E-state index is 0.0833. The van der Waals surface area contributed by atoms with Gasteiger partial charge in [0.15, 0.2) is 0 Å². The Kier molecular flexibility index (Phi) is 6.01. The van der Waals surface area contributed by atoms with Crippen LogP contribution in [0.5, 0.6) is 0 Å². The number of aromatic nitrogens is 1. The zero-order valence-corrected chi connectivity index (χ0v) is 20.3. The number of carbonyl (C=O) groups is 1. The normalized spacial score (nSPS) is 15.2. The highest BCUT2D eigenvalue weighted by Crippen LogP contribution is 2.30. The molecule has 1 N–H and O–H groups in total. The fraction of sp³-hybridized carbons (Fsp3) is 0.300. The number of nitrogens with zero attached hydrogens (tertiary/aromatic N) is 2. The van der Waals surface area contributed by atoms with Crippen LogP contribution in [0.3, 0.4) is 0 Å². The third-order valence-electron chi connectivity index (χ3n) is 6.91. The summed E-state index contributed by atoms with van der Waals surface area (Å²) in [5, 5.41) is 1.10. The van der Waals surface area contributed by atoms with Crippen molar-refractivity contribution >= 4 is 16.8 Å². The van der Waals surface area contributed by atoms with Gasteiger partial charge in [0, 0.05) is 37.1 Å². The highest BCUT2D eigenvalue weighted by Gasteiger charge is 2.29. The average Bonchev–Trinajstić information content (AvgIpc) is 3.29. The van der Waals surface area contributed by atoms with Gasteiger partial charge in [0.2, 0.25) is 0 Å². The molecule has 2 heterocycles. The number of carbonyl (C=O) groups excluding carboxylic acids is 1. The van der Waals surface area contributed by atoms with E-state index in [1.165, 1.54) is 16.7 Å². The Balaban J connectivity index is 1.33. The van der Waals surface area contributed by atoms with E-state index >= 15 is 0 Å². The van der Waals surface area contributed by atoms with Gasteiger partial charge in [0.1, 0.15) is 5.69 Å². The van der Waals surface area contributed by atoms with Gasteiger partial charge in [-0.2, -0.15) is 0 Å². The largest absolute Gasteiger partial charge is 0.351 e. The number of H-pyrrole nitrogens is 1. The fourth-order valence-electron chi connectivity index (χ4n) is 4.95. The number of benzene rings is 3. The van der Waals surface area contributed by atoms with Crippen LogP contribution in [0.1, 0.15) is 54.0 Å². The molecule has 0 atom stereocenters. The zero-order chi connectivity index (χ0) is 23.7. The summed E-state index contributed by atoms with van der Waals surface area (Å²) in [5.74, 6) is 0.0872. The molecule has 5 rings (SSSR count). The molecule has 0 unspecified atom stereocenters. The standard InChI is InChI=1S/C30H33N3O/c1-30(2,3)25-14-15-26-24(20-25)21-27(31-26)29(34)33-18-16-32(17-19-33)28(22-10-6-4-7-11-22)23-12-8-5-9-13-23/h4-15,20-21,28,31H,16-19H2,1-3H3. The first kappa shape index (κ1) is 22.4. The molecule has 174 valence electrons. The number of rotatable bonds is 4. The van der Waals surface area contributed by atoms with Crippen LogP contribution in [0.15, 0.2) is 84.9 Å². The van der Waals surface area contributed by atoms with E-state index in [1.54, 1.807) is 0 Å². The molecule has 0 bridgehead atoms. The molecular formula is C30H33N3O. The number of piperazine rings is 1. The maximum atomic E-state index is 13.3. The Labute approximate surface area is 202 Å². The van der Waals surface area contributed by atoms with Crippen molar-refractivity contribution in [3.63, 3.8) is 0 Å². The van der Waals surface area contributed by atoms with E-state index in [-0.39, 0.29) is 17.4 Å². The van der Waals surface area contributed by atoms with Crippen molar-refractivity contribution in [3.05, 3.63) is 107 Å². The third kappa shape index (κ3) is 4.51. The first-order valence-corrected chi connectivity index (χ1v) is 12.2.